The van der Waals surface area contributed by atoms with Crippen molar-refractivity contribution in [2.24, 2.45) is 5.41 Å². The van der Waals surface area contributed by atoms with Gasteiger partial charge in [0.25, 0.3) is 5.91 Å². The Morgan fingerprint density at radius 1 is 1.40 bits per heavy atom. The van der Waals surface area contributed by atoms with Crippen LogP contribution in [0.4, 0.5) is 5.69 Å². The Morgan fingerprint density at radius 2 is 2.15 bits per heavy atom. The van der Waals surface area contributed by atoms with Crippen LogP contribution < -0.4 is 15.8 Å². The SMILES string of the molecule is COc1ccc(C(=O)NC2CCCCC2(C)C)c(N)c1. The Kier molecular flexibility index (Phi) is 4.21. The summed E-state index contributed by atoms with van der Waals surface area (Å²) in [7, 11) is 1.58. The van der Waals surface area contributed by atoms with Crippen LogP contribution in [0.5, 0.6) is 5.75 Å². The van der Waals surface area contributed by atoms with Gasteiger partial charge in [0.2, 0.25) is 0 Å². The van der Waals surface area contributed by atoms with Gasteiger partial charge in [-0.2, -0.15) is 0 Å². The number of ether oxygens (including phenoxy) is 1. The van der Waals surface area contributed by atoms with Gasteiger partial charge in [-0.25, -0.2) is 0 Å². The first-order valence-corrected chi connectivity index (χ1v) is 7.18. The van der Waals surface area contributed by atoms with E-state index < -0.39 is 0 Å². The van der Waals surface area contributed by atoms with Crippen LogP contribution in [-0.2, 0) is 0 Å². The standard InChI is InChI=1S/C16H24N2O2/c1-16(2)9-5-4-6-14(16)18-15(19)12-8-7-11(20-3)10-13(12)17/h7-8,10,14H,4-6,9,17H2,1-3H3,(H,18,19). The normalized spacial score (nSPS) is 21.2. The number of nitrogen functional groups attached to an aromatic ring is 1. The summed E-state index contributed by atoms with van der Waals surface area (Å²) in [5, 5.41) is 3.14. The summed E-state index contributed by atoms with van der Waals surface area (Å²) in [4.78, 5) is 12.4. The van der Waals surface area contributed by atoms with E-state index >= 15 is 0 Å². The molecule has 1 fully saturated rings. The molecule has 110 valence electrons. The summed E-state index contributed by atoms with van der Waals surface area (Å²) in [5.74, 6) is 0.571. The van der Waals surface area contributed by atoms with E-state index in [4.69, 9.17) is 10.5 Å². The maximum absolute atomic E-state index is 12.4. The lowest BCUT2D eigenvalue weighted by Crippen LogP contribution is -2.46. The molecule has 1 saturated carbocycles. The Labute approximate surface area is 120 Å². The monoisotopic (exact) mass is 276 g/mol. The summed E-state index contributed by atoms with van der Waals surface area (Å²) in [6.07, 6.45) is 4.60. The summed E-state index contributed by atoms with van der Waals surface area (Å²) in [6, 6.07) is 5.38. The molecule has 1 unspecified atom stereocenters. The topological polar surface area (TPSA) is 64.3 Å². The van der Waals surface area contributed by atoms with Gasteiger partial charge >= 0.3 is 0 Å². The molecule has 2 rings (SSSR count). The van der Waals surface area contributed by atoms with Crippen molar-refractivity contribution in [2.75, 3.05) is 12.8 Å². The van der Waals surface area contributed by atoms with Crippen LogP contribution in [0, 0.1) is 5.41 Å². The zero-order chi connectivity index (χ0) is 14.8. The van der Waals surface area contributed by atoms with E-state index in [2.05, 4.69) is 19.2 Å². The predicted octanol–water partition coefficient (Wildman–Crippen LogP) is 2.98. The first kappa shape index (κ1) is 14.7. The van der Waals surface area contributed by atoms with Gasteiger partial charge in [0.15, 0.2) is 0 Å². The molecule has 3 N–H and O–H groups in total. The number of methoxy groups -OCH3 is 1. The van der Waals surface area contributed by atoms with Crippen LogP contribution in [0.25, 0.3) is 0 Å². The van der Waals surface area contributed by atoms with Gasteiger partial charge in [0.1, 0.15) is 5.75 Å². The van der Waals surface area contributed by atoms with Gasteiger partial charge in [-0.3, -0.25) is 4.79 Å². The highest BCUT2D eigenvalue weighted by atomic mass is 16.5. The molecule has 0 aliphatic heterocycles. The van der Waals surface area contributed by atoms with Gasteiger partial charge in [-0.05, 0) is 30.4 Å². The van der Waals surface area contributed by atoms with E-state index in [1.54, 1.807) is 25.3 Å². The number of nitrogens with two attached hydrogens (primary N) is 1. The number of nitrogens with one attached hydrogen (secondary N) is 1. The average Bonchev–Trinajstić information content (AvgIpc) is 2.40. The van der Waals surface area contributed by atoms with Gasteiger partial charge in [-0.15, -0.1) is 0 Å². The molecular weight excluding hydrogens is 252 g/mol. The molecule has 1 amide bonds. The summed E-state index contributed by atoms with van der Waals surface area (Å²) >= 11 is 0. The van der Waals surface area contributed by atoms with Crippen molar-refractivity contribution in [1.82, 2.24) is 5.32 Å². The van der Waals surface area contributed by atoms with E-state index in [1.807, 2.05) is 0 Å². The van der Waals surface area contributed by atoms with E-state index in [1.165, 1.54) is 12.8 Å². The summed E-state index contributed by atoms with van der Waals surface area (Å²) in [6.45, 7) is 4.43. The van der Waals surface area contributed by atoms with Crippen molar-refractivity contribution in [3.8, 4) is 5.75 Å². The molecule has 0 spiro atoms. The van der Waals surface area contributed by atoms with Crippen molar-refractivity contribution in [3.05, 3.63) is 23.8 Å². The first-order valence-electron chi connectivity index (χ1n) is 7.18. The lowest BCUT2D eigenvalue weighted by Gasteiger charge is -2.39. The zero-order valence-electron chi connectivity index (χ0n) is 12.5. The van der Waals surface area contributed by atoms with Gasteiger partial charge in [-0.1, -0.05) is 26.7 Å². The number of rotatable bonds is 3. The fraction of sp³-hybridized carbons (Fsp3) is 0.562. The molecule has 0 heterocycles. The van der Waals surface area contributed by atoms with Crippen LogP contribution >= 0.6 is 0 Å². The minimum atomic E-state index is -0.0925. The Hall–Kier alpha value is -1.71. The lowest BCUT2D eigenvalue weighted by atomic mass is 9.73. The minimum absolute atomic E-state index is 0.0925. The molecule has 0 radical (unpaired) electrons. The van der Waals surface area contributed by atoms with E-state index in [0.29, 0.717) is 17.0 Å². The summed E-state index contributed by atoms with van der Waals surface area (Å²) in [5.41, 5.74) is 7.05. The highest BCUT2D eigenvalue weighted by Crippen LogP contribution is 2.35. The van der Waals surface area contributed by atoms with Crippen molar-refractivity contribution < 1.29 is 9.53 Å². The highest BCUT2D eigenvalue weighted by molar-refractivity contribution is 5.99. The maximum Gasteiger partial charge on any atom is 0.253 e. The number of benzene rings is 1. The molecule has 4 heteroatoms. The number of carbonyl (C=O) groups is 1. The fourth-order valence-corrected chi connectivity index (χ4v) is 2.87. The van der Waals surface area contributed by atoms with Crippen LogP contribution in [0.3, 0.4) is 0 Å². The quantitative estimate of drug-likeness (QED) is 0.834. The third-order valence-corrected chi connectivity index (χ3v) is 4.32. The number of hydrogen-bond donors (Lipinski definition) is 2. The van der Waals surface area contributed by atoms with Gasteiger partial charge in [0.05, 0.1) is 12.7 Å². The van der Waals surface area contributed by atoms with E-state index in [-0.39, 0.29) is 17.4 Å². The van der Waals surface area contributed by atoms with Crippen molar-refractivity contribution in [3.63, 3.8) is 0 Å². The van der Waals surface area contributed by atoms with Crippen molar-refractivity contribution in [1.29, 1.82) is 0 Å². The lowest BCUT2D eigenvalue weighted by molar-refractivity contribution is 0.0854. The molecule has 1 aliphatic rings. The second kappa shape index (κ2) is 5.73. The largest absolute Gasteiger partial charge is 0.497 e. The van der Waals surface area contributed by atoms with E-state index in [9.17, 15) is 4.79 Å². The number of hydrogen-bond acceptors (Lipinski definition) is 3. The molecule has 4 nitrogen and oxygen atoms in total. The van der Waals surface area contributed by atoms with Gasteiger partial charge in [0, 0.05) is 17.8 Å². The molecule has 0 aromatic heterocycles. The van der Waals surface area contributed by atoms with Crippen LogP contribution in [-0.4, -0.2) is 19.1 Å². The molecule has 1 aliphatic carbocycles. The van der Waals surface area contributed by atoms with Crippen molar-refractivity contribution in [2.45, 2.75) is 45.6 Å². The first-order chi connectivity index (χ1) is 9.44. The molecule has 1 aromatic carbocycles. The third kappa shape index (κ3) is 3.06. The van der Waals surface area contributed by atoms with Crippen LogP contribution in [0.1, 0.15) is 49.9 Å². The number of anilines is 1. The Morgan fingerprint density at radius 3 is 2.75 bits per heavy atom. The number of amides is 1. The molecular formula is C16H24N2O2. The second-order valence-electron chi connectivity index (χ2n) is 6.21. The fourth-order valence-electron chi connectivity index (χ4n) is 2.87. The van der Waals surface area contributed by atoms with Gasteiger partial charge < -0.3 is 15.8 Å². The number of carbonyl (C=O) groups excluding carboxylic acids is 1. The maximum atomic E-state index is 12.4. The van der Waals surface area contributed by atoms with Crippen LogP contribution in [0.15, 0.2) is 18.2 Å². The predicted molar refractivity (Wildman–Crippen MR) is 80.9 cm³/mol. The Balaban J connectivity index is 2.12. The molecule has 0 bridgehead atoms. The average molecular weight is 276 g/mol. The smallest absolute Gasteiger partial charge is 0.253 e. The Bertz CT molecular complexity index is 497. The third-order valence-electron chi connectivity index (χ3n) is 4.32. The summed E-state index contributed by atoms with van der Waals surface area (Å²) < 4.78 is 5.10. The van der Waals surface area contributed by atoms with E-state index in [0.717, 1.165) is 12.8 Å². The molecule has 20 heavy (non-hydrogen) atoms. The molecule has 1 aromatic rings. The molecule has 1 atom stereocenters. The zero-order valence-corrected chi connectivity index (χ0v) is 12.5. The highest BCUT2D eigenvalue weighted by Gasteiger charge is 2.33. The second-order valence-corrected chi connectivity index (χ2v) is 6.21. The molecule has 0 saturated heterocycles. The minimum Gasteiger partial charge on any atom is -0.497 e. The van der Waals surface area contributed by atoms with Crippen LogP contribution in [0.2, 0.25) is 0 Å². The van der Waals surface area contributed by atoms with Crippen molar-refractivity contribution >= 4 is 11.6 Å².